The summed E-state index contributed by atoms with van der Waals surface area (Å²) >= 11 is 0. The second-order valence-corrected chi connectivity index (χ2v) is 13.9. The number of aromatic nitrogens is 6. The SMILES string of the molecule is Cc1nc2cc(-c3ccc(C[C@H](NC(=O)C4CCC(CNC(=O)OC(C)(C)C)CC4)C(=O)Nc4ccc(-c5nn[nH]n5)cc4)cc3)ccc2[nH]1. The number of hydrogen-bond donors (Lipinski definition) is 5. The van der Waals surface area contributed by atoms with Crippen LogP contribution in [0, 0.1) is 18.8 Å². The van der Waals surface area contributed by atoms with E-state index >= 15 is 0 Å². The number of tetrazole rings is 1. The van der Waals surface area contributed by atoms with E-state index in [1.807, 2.05) is 58.0 Å². The molecule has 0 bridgehead atoms. The molecule has 5 aromatic rings. The van der Waals surface area contributed by atoms with Crippen LogP contribution in [-0.4, -0.2) is 66.7 Å². The number of benzene rings is 3. The number of rotatable bonds is 10. The highest BCUT2D eigenvalue weighted by molar-refractivity contribution is 5.97. The van der Waals surface area contributed by atoms with E-state index in [4.69, 9.17) is 4.74 Å². The minimum atomic E-state index is -0.805. The van der Waals surface area contributed by atoms with Gasteiger partial charge in [0.2, 0.25) is 17.6 Å². The number of carbonyl (C=O) groups excluding carboxylic acids is 3. The van der Waals surface area contributed by atoms with Crippen molar-refractivity contribution in [1.29, 1.82) is 0 Å². The zero-order valence-corrected chi connectivity index (χ0v) is 28.7. The predicted molar refractivity (Wildman–Crippen MR) is 190 cm³/mol. The number of fused-ring (bicyclic) bond motifs is 1. The van der Waals surface area contributed by atoms with Gasteiger partial charge in [0.25, 0.3) is 0 Å². The van der Waals surface area contributed by atoms with Crippen molar-refractivity contribution in [1.82, 2.24) is 41.2 Å². The number of aromatic amines is 2. The van der Waals surface area contributed by atoms with E-state index in [1.54, 1.807) is 24.3 Å². The first kappa shape index (κ1) is 34.3. The Bertz CT molecular complexity index is 1920. The van der Waals surface area contributed by atoms with Crippen LogP contribution in [0.1, 0.15) is 57.8 Å². The molecule has 0 aliphatic heterocycles. The molecular weight excluding hydrogens is 634 g/mol. The summed E-state index contributed by atoms with van der Waals surface area (Å²) in [5, 5.41) is 22.9. The number of H-pyrrole nitrogens is 2. The van der Waals surface area contributed by atoms with E-state index < -0.39 is 17.7 Å². The van der Waals surface area contributed by atoms with Crippen LogP contribution < -0.4 is 16.0 Å². The Morgan fingerprint density at radius 3 is 2.30 bits per heavy atom. The molecule has 1 atom stereocenters. The minimum absolute atomic E-state index is 0.143. The van der Waals surface area contributed by atoms with E-state index in [2.05, 4.69) is 58.7 Å². The smallest absolute Gasteiger partial charge is 0.407 e. The van der Waals surface area contributed by atoms with Crippen LogP contribution in [0.4, 0.5) is 10.5 Å². The number of amides is 3. The molecule has 0 radical (unpaired) electrons. The number of nitrogens with one attached hydrogen (secondary N) is 5. The van der Waals surface area contributed by atoms with Crippen molar-refractivity contribution < 1.29 is 19.1 Å². The highest BCUT2D eigenvalue weighted by Crippen LogP contribution is 2.29. The van der Waals surface area contributed by atoms with Gasteiger partial charge >= 0.3 is 6.09 Å². The van der Waals surface area contributed by atoms with Crippen molar-refractivity contribution >= 4 is 34.6 Å². The van der Waals surface area contributed by atoms with Gasteiger partial charge in [0.05, 0.1) is 11.0 Å². The summed E-state index contributed by atoms with van der Waals surface area (Å²) in [4.78, 5) is 47.2. The average molecular weight is 678 g/mol. The molecule has 1 saturated carbocycles. The Hall–Kier alpha value is -5.59. The zero-order valence-electron chi connectivity index (χ0n) is 28.7. The first-order valence-corrected chi connectivity index (χ1v) is 17.0. The van der Waals surface area contributed by atoms with E-state index in [-0.39, 0.29) is 23.7 Å². The second-order valence-electron chi connectivity index (χ2n) is 13.9. The molecule has 1 aliphatic rings. The first-order chi connectivity index (χ1) is 24.0. The van der Waals surface area contributed by atoms with E-state index in [0.717, 1.165) is 52.0 Å². The summed E-state index contributed by atoms with van der Waals surface area (Å²) in [5.74, 6) is 0.897. The first-order valence-electron chi connectivity index (χ1n) is 17.0. The van der Waals surface area contributed by atoms with Crippen molar-refractivity contribution in [3.05, 3.63) is 78.1 Å². The Balaban J connectivity index is 1.11. The number of ether oxygens (including phenoxy) is 1. The molecule has 1 fully saturated rings. The molecule has 0 unspecified atom stereocenters. The minimum Gasteiger partial charge on any atom is -0.444 e. The Morgan fingerprint density at radius 2 is 1.62 bits per heavy atom. The maximum absolute atomic E-state index is 13.7. The van der Waals surface area contributed by atoms with E-state index in [9.17, 15) is 14.4 Å². The van der Waals surface area contributed by atoms with Crippen LogP contribution in [0.25, 0.3) is 33.5 Å². The highest BCUT2D eigenvalue weighted by Gasteiger charge is 2.30. The molecular formula is C37H43N9O4. The van der Waals surface area contributed by atoms with Gasteiger partial charge in [-0.1, -0.05) is 30.3 Å². The predicted octanol–water partition coefficient (Wildman–Crippen LogP) is 5.72. The van der Waals surface area contributed by atoms with Crippen LogP contribution in [0.15, 0.2) is 66.7 Å². The van der Waals surface area contributed by atoms with Crippen molar-refractivity contribution in [2.75, 3.05) is 11.9 Å². The van der Waals surface area contributed by atoms with E-state index in [0.29, 0.717) is 37.3 Å². The molecule has 2 heterocycles. The molecule has 13 nitrogen and oxygen atoms in total. The van der Waals surface area contributed by atoms with Gasteiger partial charge in [0.1, 0.15) is 17.5 Å². The number of nitrogens with zero attached hydrogens (tertiary/aromatic N) is 4. The second kappa shape index (κ2) is 14.9. The van der Waals surface area contributed by atoms with Crippen LogP contribution in [-0.2, 0) is 20.7 Å². The fourth-order valence-electron chi connectivity index (χ4n) is 6.27. The normalized spacial score (nSPS) is 16.8. The molecule has 3 aromatic carbocycles. The average Bonchev–Trinajstić information content (AvgIpc) is 3.76. The summed E-state index contributed by atoms with van der Waals surface area (Å²) in [6.45, 7) is 7.93. The van der Waals surface area contributed by atoms with Gasteiger partial charge in [-0.05, 0) is 118 Å². The number of aryl methyl sites for hydroxylation is 1. The topological polar surface area (TPSA) is 180 Å². The maximum atomic E-state index is 13.7. The van der Waals surface area contributed by atoms with Crippen LogP contribution in [0.5, 0.6) is 0 Å². The third-order valence-corrected chi connectivity index (χ3v) is 8.87. The summed E-state index contributed by atoms with van der Waals surface area (Å²) in [6, 6.07) is 20.5. The number of carbonyl (C=O) groups is 3. The highest BCUT2D eigenvalue weighted by atomic mass is 16.6. The van der Waals surface area contributed by atoms with Gasteiger partial charge in [-0.2, -0.15) is 5.21 Å². The third kappa shape index (κ3) is 8.90. The fraction of sp³-hybridized carbons (Fsp3) is 0.378. The number of anilines is 1. The van der Waals surface area contributed by atoms with Gasteiger partial charge in [-0.25, -0.2) is 9.78 Å². The lowest BCUT2D eigenvalue weighted by atomic mass is 9.81. The number of alkyl carbamates (subject to hydrolysis) is 1. The molecule has 260 valence electrons. The van der Waals surface area contributed by atoms with Crippen LogP contribution >= 0.6 is 0 Å². The van der Waals surface area contributed by atoms with Gasteiger partial charge in [-0.15, -0.1) is 10.2 Å². The molecule has 1 aliphatic carbocycles. The summed E-state index contributed by atoms with van der Waals surface area (Å²) in [6.07, 6.45) is 2.81. The summed E-state index contributed by atoms with van der Waals surface area (Å²) in [5.41, 5.74) is 5.65. The largest absolute Gasteiger partial charge is 0.444 e. The molecule has 6 rings (SSSR count). The summed E-state index contributed by atoms with van der Waals surface area (Å²) < 4.78 is 5.35. The lowest BCUT2D eigenvalue weighted by Crippen LogP contribution is -2.48. The molecule has 3 amide bonds. The quantitative estimate of drug-likeness (QED) is 0.125. The molecule has 2 aromatic heterocycles. The standard InChI is InChI=1S/C37H43N9O4/c1-22-39-30-18-15-28(20-31(30)40-22)25-9-5-23(6-10-25)19-32(35(48)41-29-16-13-26(14-17-29)33-43-45-46-44-33)42-34(47)27-11-7-24(8-12-27)21-38-36(49)50-37(2,3)4/h5-6,9-10,13-18,20,24,27,32H,7-8,11-12,19,21H2,1-4H3,(H,38,49)(H,39,40)(H,41,48)(H,42,47)(H,43,44,45,46)/t24?,27?,32-/m0/s1. The lowest BCUT2D eigenvalue weighted by Gasteiger charge is -2.29. The Labute approximate surface area is 290 Å². The van der Waals surface area contributed by atoms with Crippen LogP contribution in [0.3, 0.4) is 0 Å². The molecule has 50 heavy (non-hydrogen) atoms. The zero-order chi connectivity index (χ0) is 35.3. The molecule has 0 spiro atoms. The number of imidazole rings is 1. The van der Waals surface area contributed by atoms with Crippen molar-refractivity contribution in [2.45, 2.75) is 71.4 Å². The number of hydrogen-bond acceptors (Lipinski definition) is 8. The molecule has 0 saturated heterocycles. The Kier molecular flexibility index (Phi) is 10.2. The lowest BCUT2D eigenvalue weighted by molar-refractivity contribution is -0.130. The van der Waals surface area contributed by atoms with Gasteiger partial charge in [0, 0.05) is 30.1 Å². The monoisotopic (exact) mass is 677 g/mol. The van der Waals surface area contributed by atoms with Gasteiger partial charge < -0.3 is 25.7 Å². The maximum Gasteiger partial charge on any atom is 0.407 e. The van der Waals surface area contributed by atoms with Crippen LogP contribution in [0.2, 0.25) is 0 Å². The third-order valence-electron chi connectivity index (χ3n) is 8.87. The summed E-state index contributed by atoms with van der Waals surface area (Å²) in [7, 11) is 0. The molecule has 5 N–H and O–H groups in total. The van der Waals surface area contributed by atoms with Crippen molar-refractivity contribution in [2.24, 2.45) is 11.8 Å². The van der Waals surface area contributed by atoms with Crippen molar-refractivity contribution in [3.8, 4) is 22.5 Å². The molecule has 13 heteroatoms. The van der Waals surface area contributed by atoms with Crippen molar-refractivity contribution in [3.63, 3.8) is 0 Å². The van der Waals surface area contributed by atoms with E-state index in [1.165, 1.54) is 0 Å². The Morgan fingerprint density at radius 1 is 0.920 bits per heavy atom. The van der Waals surface area contributed by atoms with Gasteiger partial charge in [-0.3, -0.25) is 9.59 Å². The van der Waals surface area contributed by atoms with Gasteiger partial charge in [0.15, 0.2) is 0 Å². The fourth-order valence-corrected chi connectivity index (χ4v) is 6.27.